The first-order valence-electron chi connectivity index (χ1n) is 5.63. The molecule has 2 nitrogen and oxygen atoms in total. The van der Waals surface area contributed by atoms with Gasteiger partial charge in [0.25, 0.3) is 5.91 Å². The van der Waals surface area contributed by atoms with E-state index in [9.17, 15) is 4.79 Å². The summed E-state index contributed by atoms with van der Waals surface area (Å²) in [5.41, 5.74) is 0.837. The predicted octanol–water partition coefficient (Wildman–Crippen LogP) is 3.02. The minimum absolute atomic E-state index is 0.182. The van der Waals surface area contributed by atoms with Crippen LogP contribution in [-0.4, -0.2) is 23.9 Å². The van der Waals surface area contributed by atoms with Gasteiger partial charge >= 0.3 is 0 Å². The lowest BCUT2D eigenvalue weighted by atomic mass is 10.0. The molecule has 1 amide bonds. The molecule has 1 aromatic carbocycles. The zero-order valence-corrected chi connectivity index (χ0v) is 11.8. The highest BCUT2D eigenvalue weighted by atomic mass is 127. The van der Waals surface area contributed by atoms with Crippen molar-refractivity contribution in [1.29, 1.82) is 0 Å². The average molecular weight is 329 g/mol. The van der Waals surface area contributed by atoms with E-state index in [1.807, 2.05) is 29.2 Å². The Morgan fingerprint density at radius 3 is 2.38 bits per heavy atom. The van der Waals surface area contributed by atoms with E-state index >= 15 is 0 Å². The number of halogens is 1. The molecule has 1 aliphatic rings. The molecule has 0 aromatic heterocycles. The number of carbonyl (C=O) groups is 1. The summed E-state index contributed by atoms with van der Waals surface area (Å²) in [6, 6.07) is 7.79. The van der Waals surface area contributed by atoms with Gasteiger partial charge in [-0.15, -0.1) is 0 Å². The molecule has 86 valence electrons. The van der Waals surface area contributed by atoms with Crippen LogP contribution in [0.25, 0.3) is 0 Å². The maximum atomic E-state index is 12.3. The molecule has 0 bridgehead atoms. The van der Waals surface area contributed by atoms with Crippen molar-refractivity contribution in [2.24, 2.45) is 11.8 Å². The molecule has 2 unspecified atom stereocenters. The van der Waals surface area contributed by atoms with Crippen molar-refractivity contribution in [3.63, 3.8) is 0 Å². The predicted molar refractivity (Wildman–Crippen MR) is 73.4 cm³/mol. The summed E-state index contributed by atoms with van der Waals surface area (Å²) in [5, 5.41) is 0. The maximum Gasteiger partial charge on any atom is 0.254 e. The van der Waals surface area contributed by atoms with Crippen molar-refractivity contribution in [2.75, 3.05) is 13.1 Å². The summed E-state index contributed by atoms with van der Waals surface area (Å²) in [6.45, 7) is 6.22. The zero-order chi connectivity index (χ0) is 11.7. The van der Waals surface area contributed by atoms with E-state index in [2.05, 4.69) is 36.4 Å². The molecule has 0 spiro atoms. The summed E-state index contributed by atoms with van der Waals surface area (Å²) in [4.78, 5) is 14.3. The van der Waals surface area contributed by atoms with E-state index < -0.39 is 0 Å². The Hall–Kier alpha value is -0.580. The Kier molecular flexibility index (Phi) is 3.52. The Labute approximate surface area is 110 Å². The minimum atomic E-state index is 0.182. The summed E-state index contributed by atoms with van der Waals surface area (Å²) in [7, 11) is 0. The molecule has 3 heteroatoms. The van der Waals surface area contributed by atoms with Gasteiger partial charge in [0.05, 0.1) is 5.56 Å². The summed E-state index contributed by atoms with van der Waals surface area (Å²) in [6.07, 6.45) is 0. The number of carbonyl (C=O) groups excluding carboxylic acids is 1. The van der Waals surface area contributed by atoms with Crippen molar-refractivity contribution in [1.82, 2.24) is 4.90 Å². The van der Waals surface area contributed by atoms with E-state index in [1.54, 1.807) is 0 Å². The molecular formula is C13H16INO. The highest BCUT2D eigenvalue weighted by molar-refractivity contribution is 14.1. The van der Waals surface area contributed by atoms with Gasteiger partial charge in [0.2, 0.25) is 0 Å². The highest BCUT2D eigenvalue weighted by Crippen LogP contribution is 2.24. The number of benzene rings is 1. The highest BCUT2D eigenvalue weighted by Gasteiger charge is 2.30. The third-order valence-electron chi connectivity index (χ3n) is 3.38. The molecule has 0 N–H and O–H groups in total. The number of amides is 1. The third-order valence-corrected chi connectivity index (χ3v) is 4.32. The van der Waals surface area contributed by atoms with Crippen LogP contribution >= 0.6 is 22.6 Å². The molecule has 1 saturated heterocycles. The van der Waals surface area contributed by atoms with Crippen LogP contribution in [0.4, 0.5) is 0 Å². The molecule has 1 heterocycles. The number of rotatable bonds is 1. The molecule has 1 fully saturated rings. The number of likely N-dealkylation sites (tertiary alicyclic amines) is 1. The van der Waals surface area contributed by atoms with Crippen LogP contribution in [0.3, 0.4) is 0 Å². The monoisotopic (exact) mass is 329 g/mol. The Balaban J connectivity index is 2.18. The number of nitrogens with zero attached hydrogens (tertiary/aromatic N) is 1. The summed E-state index contributed by atoms with van der Waals surface area (Å²) < 4.78 is 1.04. The first kappa shape index (κ1) is 11.9. The molecule has 1 aromatic rings. The standard InChI is InChI=1S/C13H16INO/c1-9-7-15(8-10(9)2)13(16)11-5-3-4-6-12(11)14/h3-6,9-10H,7-8H2,1-2H3. The van der Waals surface area contributed by atoms with E-state index in [0.717, 1.165) is 22.2 Å². The number of hydrogen-bond donors (Lipinski definition) is 0. The van der Waals surface area contributed by atoms with Gasteiger partial charge in [-0.3, -0.25) is 4.79 Å². The minimum Gasteiger partial charge on any atom is -0.338 e. The Morgan fingerprint density at radius 1 is 1.25 bits per heavy atom. The van der Waals surface area contributed by atoms with Crippen LogP contribution < -0.4 is 0 Å². The largest absolute Gasteiger partial charge is 0.338 e. The Morgan fingerprint density at radius 2 is 1.81 bits per heavy atom. The van der Waals surface area contributed by atoms with E-state index in [0.29, 0.717) is 11.8 Å². The van der Waals surface area contributed by atoms with Crippen molar-refractivity contribution in [2.45, 2.75) is 13.8 Å². The van der Waals surface area contributed by atoms with Gasteiger partial charge < -0.3 is 4.90 Å². The lowest BCUT2D eigenvalue weighted by Gasteiger charge is -2.16. The van der Waals surface area contributed by atoms with Gasteiger partial charge in [-0.1, -0.05) is 26.0 Å². The molecule has 2 atom stereocenters. The maximum absolute atomic E-state index is 12.3. The van der Waals surface area contributed by atoms with Crippen LogP contribution in [0.5, 0.6) is 0 Å². The molecule has 1 aliphatic heterocycles. The third kappa shape index (κ3) is 2.24. The quantitative estimate of drug-likeness (QED) is 0.726. The van der Waals surface area contributed by atoms with Gasteiger partial charge in [0.15, 0.2) is 0 Å². The zero-order valence-electron chi connectivity index (χ0n) is 9.61. The SMILES string of the molecule is CC1CN(C(=O)c2ccccc2I)CC1C. The summed E-state index contributed by atoms with van der Waals surface area (Å²) >= 11 is 2.23. The van der Waals surface area contributed by atoms with Gasteiger partial charge in [0, 0.05) is 16.7 Å². The Bertz CT molecular complexity index is 395. The first-order chi connectivity index (χ1) is 7.59. The number of hydrogen-bond acceptors (Lipinski definition) is 1. The second-order valence-corrected chi connectivity index (χ2v) is 5.81. The molecule has 0 radical (unpaired) electrons. The molecule has 2 rings (SSSR count). The van der Waals surface area contributed by atoms with Crippen LogP contribution in [0.2, 0.25) is 0 Å². The van der Waals surface area contributed by atoms with Crippen molar-refractivity contribution < 1.29 is 4.79 Å². The smallest absolute Gasteiger partial charge is 0.254 e. The van der Waals surface area contributed by atoms with Crippen molar-refractivity contribution in [3.8, 4) is 0 Å². The first-order valence-corrected chi connectivity index (χ1v) is 6.71. The van der Waals surface area contributed by atoms with Crippen LogP contribution in [0, 0.1) is 15.4 Å². The molecule has 0 saturated carbocycles. The second-order valence-electron chi connectivity index (χ2n) is 4.64. The molecular weight excluding hydrogens is 313 g/mol. The van der Waals surface area contributed by atoms with Gasteiger partial charge in [-0.05, 0) is 46.6 Å². The topological polar surface area (TPSA) is 20.3 Å². The van der Waals surface area contributed by atoms with Gasteiger partial charge in [-0.2, -0.15) is 0 Å². The molecule has 0 aliphatic carbocycles. The van der Waals surface area contributed by atoms with E-state index in [1.165, 1.54) is 0 Å². The normalized spacial score (nSPS) is 24.8. The lowest BCUT2D eigenvalue weighted by molar-refractivity contribution is 0.0784. The second kappa shape index (κ2) is 4.73. The van der Waals surface area contributed by atoms with Gasteiger partial charge in [0.1, 0.15) is 0 Å². The van der Waals surface area contributed by atoms with Crippen LogP contribution in [-0.2, 0) is 0 Å². The van der Waals surface area contributed by atoms with E-state index in [-0.39, 0.29) is 5.91 Å². The average Bonchev–Trinajstić information content (AvgIpc) is 2.59. The van der Waals surface area contributed by atoms with Crippen LogP contribution in [0.15, 0.2) is 24.3 Å². The van der Waals surface area contributed by atoms with Gasteiger partial charge in [-0.25, -0.2) is 0 Å². The van der Waals surface area contributed by atoms with E-state index in [4.69, 9.17) is 0 Å². The fourth-order valence-corrected chi connectivity index (χ4v) is 2.72. The lowest BCUT2D eigenvalue weighted by Crippen LogP contribution is -2.29. The molecule has 16 heavy (non-hydrogen) atoms. The fraction of sp³-hybridized carbons (Fsp3) is 0.462. The summed E-state index contributed by atoms with van der Waals surface area (Å²) in [5.74, 6) is 1.41. The van der Waals surface area contributed by atoms with Crippen molar-refractivity contribution in [3.05, 3.63) is 33.4 Å². The van der Waals surface area contributed by atoms with Crippen molar-refractivity contribution >= 4 is 28.5 Å². The fourth-order valence-electron chi connectivity index (χ4n) is 2.10. The van der Waals surface area contributed by atoms with Crippen LogP contribution in [0.1, 0.15) is 24.2 Å².